The molecule has 1 aromatic rings. The summed E-state index contributed by atoms with van der Waals surface area (Å²) < 4.78 is 74.2. The van der Waals surface area contributed by atoms with Gasteiger partial charge in [-0.3, -0.25) is 14.9 Å². The van der Waals surface area contributed by atoms with Crippen LogP contribution >= 0.6 is 15.9 Å². The summed E-state index contributed by atoms with van der Waals surface area (Å²) in [5, 5.41) is 11.6. The van der Waals surface area contributed by atoms with Gasteiger partial charge in [0.25, 0.3) is 5.69 Å². The smallest absolute Gasteiger partial charge is 0.312 e. The van der Waals surface area contributed by atoms with Crippen molar-refractivity contribution in [2.75, 3.05) is 5.32 Å². The number of alkyl halides is 6. The van der Waals surface area contributed by atoms with Gasteiger partial charge in [-0.1, -0.05) is 15.9 Å². The van der Waals surface area contributed by atoms with Crippen molar-refractivity contribution < 1.29 is 36.1 Å². The second-order valence-electron chi connectivity index (χ2n) is 3.55. The minimum Gasteiger partial charge on any atom is -0.312 e. The molecule has 0 saturated heterocycles. The maximum absolute atomic E-state index is 12.7. The number of hydrogen-bond acceptors (Lipinski definition) is 3. The molecule has 5 nitrogen and oxygen atoms in total. The van der Waals surface area contributed by atoms with Gasteiger partial charge in [-0.25, -0.2) is 0 Å². The number of halogens is 7. The van der Waals surface area contributed by atoms with E-state index in [2.05, 4.69) is 15.9 Å². The van der Waals surface area contributed by atoms with E-state index in [1.54, 1.807) is 0 Å². The summed E-state index contributed by atoms with van der Waals surface area (Å²) in [6, 6.07) is 0.861. The zero-order valence-corrected chi connectivity index (χ0v) is 11.1. The maximum atomic E-state index is 12.7. The van der Waals surface area contributed by atoms with E-state index in [-0.39, 0.29) is 4.47 Å². The average Bonchev–Trinajstić information content (AvgIpc) is 2.27. The fraction of sp³-hybridized carbons (Fsp3) is 0.222. The molecule has 1 N–H and O–H groups in total. The molecule has 1 amide bonds. The Balaban J connectivity index is 3.52. The Morgan fingerprint density at radius 3 is 2.10 bits per heavy atom. The molecule has 0 aliphatic rings. The molecule has 0 aliphatic heterocycles. The van der Waals surface area contributed by atoms with Crippen LogP contribution in [0.2, 0.25) is 0 Å². The van der Waals surface area contributed by atoms with Crippen molar-refractivity contribution in [1.29, 1.82) is 0 Å². The molecule has 12 heteroatoms. The first-order chi connectivity index (χ1) is 9.34. The largest absolute Gasteiger partial charge is 0.471 e. The highest BCUT2D eigenvalue weighted by molar-refractivity contribution is 9.10. The predicted octanol–water partition coefficient (Wildman–Crippen LogP) is 3.88. The summed E-state index contributed by atoms with van der Waals surface area (Å²) >= 11 is 2.57. The van der Waals surface area contributed by atoms with Crippen LogP contribution in [0.4, 0.5) is 37.7 Å². The van der Waals surface area contributed by atoms with E-state index in [0.717, 1.165) is 5.32 Å². The number of nitro benzene ring substituents is 1. The minimum atomic E-state index is -5.50. The van der Waals surface area contributed by atoms with Crippen LogP contribution in [-0.2, 0) is 11.0 Å². The van der Waals surface area contributed by atoms with Gasteiger partial charge in [0.2, 0.25) is 0 Å². The second kappa shape index (κ2) is 5.50. The summed E-state index contributed by atoms with van der Waals surface area (Å²) in [4.78, 5) is 20.1. The number of benzene rings is 1. The van der Waals surface area contributed by atoms with Crippen molar-refractivity contribution in [2.45, 2.75) is 12.4 Å². The molecule has 1 rings (SSSR count). The Bertz CT molecular complexity index is 598. The number of nitrogens with zero attached hydrogens (tertiary/aromatic N) is 1. The van der Waals surface area contributed by atoms with Gasteiger partial charge in [0.15, 0.2) is 0 Å². The molecule has 21 heavy (non-hydrogen) atoms. The molecule has 0 radical (unpaired) electrons. The molecular formula is C9H3BrF6N2O3. The van der Waals surface area contributed by atoms with Gasteiger partial charge in [-0.15, -0.1) is 0 Å². The van der Waals surface area contributed by atoms with Gasteiger partial charge >= 0.3 is 18.3 Å². The van der Waals surface area contributed by atoms with E-state index in [9.17, 15) is 41.3 Å². The van der Waals surface area contributed by atoms with Crippen LogP contribution < -0.4 is 5.32 Å². The SMILES string of the molecule is O=C(Nc1c([N+](=O)[O-])cc(Br)cc1C(F)(F)F)C(F)(F)F. The standard InChI is InChI=1S/C9H3BrF6N2O3/c10-3-1-4(8(11,12)13)6(5(2-3)18(20)21)17-7(19)9(14,15)16/h1-2H,(H,17,19). The summed E-state index contributed by atoms with van der Waals surface area (Å²) in [6.07, 6.45) is -10.7. The van der Waals surface area contributed by atoms with Crippen molar-refractivity contribution in [2.24, 2.45) is 0 Å². The number of rotatable bonds is 2. The van der Waals surface area contributed by atoms with E-state index >= 15 is 0 Å². The Labute approximate surface area is 120 Å². The Morgan fingerprint density at radius 1 is 1.19 bits per heavy atom. The first kappa shape index (κ1) is 17.2. The van der Waals surface area contributed by atoms with Gasteiger partial charge in [-0.2, -0.15) is 26.3 Å². The number of anilines is 1. The van der Waals surface area contributed by atoms with Crippen LogP contribution in [0.1, 0.15) is 5.56 Å². The van der Waals surface area contributed by atoms with Crippen molar-refractivity contribution in [3.8, 4) is 0 Å². The Kier molecular flexibility index (Phi) is 4.51. The van der Waals surface area contributed by atoms with Crippen molar-refractivity contribution in [3.05, 3.63) is 32.3 Å². The van der Waals surface area contributed by atoms with E-state index in [0.29, 0.717) is 12.1 Å². The zero-order chi connectivity index (χ0) is 16.6. The quantitative estimate of drug-likeness (QED) is 0.480. The first-order valence-corrected chi connectivity index (χ1v) is 5.56. The highest BCUT2D eigenvalue weighted by Gasteiger charge is 2.43. The van der Waals surface area contributed by atoms with E-state index in [1.165, 1.54) is 0 Å². The van der Waals surface area contributed by atoms with Crippen LogP contribution in [-0.4, -0.2) is 17.0 Å². The highest BCUT2D eigenvalue weighted by atomic mass is 79.9. The molecule has 0 heterocycles. The van der Waals surface area contributed by atoms with Gasteiger partial charge in [0.05, 0.1) is 10.5 Å². The summed E-state index contributed by atoms with van der Waals surface area (Å²) in [5.74, 6) is -2.75. The first-order valence-electron chi connectivity index (χ1n) is 4.77. The van der Waals surface area contributed by atoms with E-state index in [1.807, 2.05) is 0 Å². The third-order valence-corrected chi connectivity index (χ3v) is 2.54. The van der Waals surface area contributed by atoms with E-state index < -0.39 is 40.1 Å². The third-order valence-electron chi connectivity index (χ3n) is 2.08. The van der Waals surface area contributed by atoms with Gasteiger partial charge < -0.3 is 5.32 Å². The number of carbonyl (C=O) groups excluding carboxylic acids is 1. The lowest BCUT2D eigenvalue weighted by Crippen LogP contribution is -2.31. The Hall–Kier alpha value is -1.85. The molecule has 0 aliphatic carbocycles. The molecule has 0 aromatic heterocycles. The number of amides is 1. The van der Waals surface area contributed by atoms with Crippen LogP contribution in [0.5, 0.6) is 0 Å². The number of hydrogen-bond donors (Lipinski definition) is 1. The van der Waals surface area contributed by atoms with E-state index in [4.69, 9.17) is 0 Å². The number of nitrogens with one attached hydrogen (secondary N) is 1. The molecule has 0 unspecified atom stereocenters. The topological polar surface area (TPSA) is 72.2 Å². The second-order valence-corrected chi connectivity index (χ2v) is 4.47. The molecule has 0 saturated carbocycles. The van der Waals surface area contributed by atoms with Crippen molar-refractivity contribution >= 4 is 33.2 Å². The lowest BCUT2D eigenvalue weighted by atomic mass is 10.1. The average molecular weight is 381 g/mol. The van der Waals surface area contributed by atoms with Gasteiger partial charge in [-0.05, 0) is 6.07 Å². The fourth-order valence-corrected chi connectivity index (χ4v) is 1.72. The van der Waals surface area contributed by atoms with Crippen molar-refractivity contribution in [1.82, 2.24) is 0 Å². The molecule has 0 atom stereocenters. The van der Waals surface area contributed by atoms with Crippen LogP contribution in [0, 0.1) is 10.1 Å². The van der Waals surface area contributed by atoms with Gasteiger partial charge in [0.1, 0.15) is 5.69 Å². The lowest BCUT2D eigenvalue weighted by molar-refractivity contribution is -0.384. The molecule has 0 fully saturated rings. The maximum Gasteiger partial charge on any atom is 0.471 e. The lowest BCUT2D eigenvalue weighted by Gasteiger charge is -2.15. The normalized spacial score (nSPS) is 12.1. The predicted molar refractivity (Wildman–Crippen MR) is 60.5 cm³/mol. The highest BCUT2D eigenvalue weighted by Crippen LogP contribution is 2.42. The van der Waals surface area contributed by atoms with Crippen LogP contribution in [0.15, 0.2) is 16.6 Å². The van der Waals surface area contributed by atoms with Crippen LogP contribution in [0.25, 0.3) is 0 Å². The Morgan fingerprint density at radius 2 is 1.71 bits per heavy atom. The monoisotopic (exact) mass is 380 g/mol. The molecular weight excluding hydrogens is 378 g/mol. The number of carbonyl (C=O) groups is 1. The minimum absolute atomic E-state index is 0.318. The summed E-state index contributed by atoms with van der Waals surface area (Å²) in [6.45, 7) is 0. The van der Waals surface area contributed by atoms with Crippen molar-refractivity contribution in [3.63, 3.8) is 0 Å². The van der Waals surface area contributed by atoms with Crippen LogP contribution in [0.3, 0.4) is 0 Å². The molecule has 0 spiro atoms. The fourth-order valence-electron chi connectivity index (χ4n) is 1.28. The number of nitro groups is 1. The molecule has 116 valence electrons. The molecule has 1 aromatic carbocycles. The van der Waals surface area contributed by atoms with Gasteiger partial charge in [0, 0.05) is 10.5 Å². The third kappa shape index (κ3) is 4.06. The summed E-state index contributed by atoms with van der Waals surface area (Å²) in [7, 11) is 0. The summed E-state index contributed by atoms with van der Waals surface area (Å²) in [5.41, 5.74) is -4.67. The molecule has 0 bridgehead atoms. The zero-order valence-electron chi connectivity index (χ0n) is 9.47.